The van der Waals surface area contributed by atoms with Gasteiger partial charge >= 0.3 is 0 Å². The molecular weight excluding hydrogens is 540 g/mol. The molecule has 20 radical (unpaired) electrons. The Morgan fingerprint density at radius 2 is 0.311 bits per heavy atom. The van der Waals surface area contributed by atoms with Crippen LogP contribution in [0.2, 0.25) is 0 Å². The normalized spacial score (nSPS) is 6.58. The van der Waals surface area contributed by atoms with Gasteiger partial charge in [-0.15, -0.1) is 0 Å². The monoisotopic (exact) mass is 629 g/mol. The van der Waals surface area contributed by atoms with Gasteiger partial charge in [0.2, 0.25) is 0 Å². The van der Waals surface area contributed by atoms with E-state index in [2.05, 4.69) is 202 Å². The summed E-state index contributed by atoms with van der Waals surface area (Å²) in [5.74, 6) is 0. The SMILES string of the molecule is CC.CC.CC(C)(C)C.CC(C)(C)C.CC(C)(C)C.CCC.CCC.CCC.CCO.CO.CO.[B][B].[B][B].[B][B].[B][B].[B][B]. The van der Waals surface area contributed by atoms with Crippen LogP contribution in [0.15, 0.2) is 0 Å². The van der Waals surface area contributed by atoms with Gasteiger partial charge in [0.1, 0.15) is 0 Å². The molecule has 0 fully saturated rings. The maximum absolute atomic E-state index is 7.57. The molecule has 3 nitrogen and oxygen atoms in total. The molecule has 0 aliphatic heterocycles. The summed E-state index contributed by atoms with van der Waals surface area (Å²) in [6.45, 7) is 48.9. The highest BCUT2D eigenvalue weighted by Crippen LogP contribution is 2.08. The van der Waals surface area contributed by atoms with Crippen molar-refractivity contribution in [3.63, 3.8) is 0 Å². The van der Waals surface area contributed by atoms with Crippen molar-refractivity contribution in [2.24, 2.45) is 16.2 Å². The average molecular weight is 627 g/mol. The van der Waals surface area contributed by atoms with Gasteiger partial charge in [0, 0.05) is 98.2 Å². The molecule has 0 heterocycles. The lowest BCUT2D eigenvalue weighted by molar-refractivity contribution is 0.318. The van der Waals surface area contributed by atoms with Crippen LogP contribution in [0.1, 0.15) is 179 Å². The summed E-state index contributed by atoms with van der Waals surface area (Å²) in [4.78, 5) is 0. The predicted molar refractivity (Wildman–Crippen MR) is 233 cm³/mol. The highest BCUT2D eigenvalue weighted by atomic mass is 16.2. The summed E-state index contributed by atoms with van der Waals surface area (Å²) in [6.07, 6.45) is 3.75. The quantitative estimate of drug-likeness (QED) is 0.240. The van der Waals surface area contributed by atoms with E-state index in [0.29, 0.717) is 16.2 Å². The largest absolute Gasteiger partial charge is 0.400 e. The van der Waals surface area contributed by atoms with E-state index in [4.69, 9.17) is 15.3 Å². The predicted octanol–water partition coefficient (Wildman–Crippen LogP) is 7.87. The minimum atomic E-state index is 0.250. The van der Waals surface area contributed by atoms with Crippen molar-refractivity contribution in [1.82, 2.24) is 0 Å². The van der Waals surface area contributed by atoms with Crippen LogP contribution < -0.4 is 0 Å². The Balaban J connectivity index is -0.0000000145. The second-order valence-corrected chi connectivity index (χ2v) is 11.4. The lowest BCUT2D eigenvalue weighted by Gasteiger charge is -2.05. The van der Waals surface area contributed by atoms with Crippen LogP contribution in [-0.4, -0.2) is 114 Å². The molecule has 0 rings (SSSR count). The standard InChI is InChI=1S/3C5H12.3C3H8.C2H6O.2C2H6.2CH4O.5B2/c3*1-5(2,3)4;3*1-3-2;1-2-3;9*1-2/h3*1-4H3;3*3H2,1-2H3;3H,2H2,1H3;2*1-2H3;2*2H,1H3;;;;;. The van der Waals surface area contributed by atoms with E-state index in [1.807, 2.05) is 27.7 Å². The van der Waals surface area contributed by atoms with Gasteiger partial charge in [0.05, 0.1) is 0 Å². The second-order valence-electron chi connectivity index (χ2n) is 11.4. The van der Waals surface area contributed by atoms with Crippen molar-refractivity contribution < 1.29 is 15.3 Å². The minimum absolute atomic E-state index is 0.250. The molecule has 0 aromatic carbocycles. The summed E-state index contributed by atoms with van der Waals surface area (Å²) < 4.78 is 0. The molecule has 0 bridgehead atoms. The first-order chi connectivity index (χ1) is 20.7. The van der Waals surface area contributed by atoms with Crippen molar-refractivity contribution in [2.75, 3.05) is 20.8 Å². The molecule has 0 amide bonds. The summed E-state index contributed by atoms with van der Waals surface area (Å²) in [6, 6.07) is 0. The van der Waals surface area contributed by atoms with Crippen LogP contribution in [0, 0.1) is 16.2 Å². The molecule has 0 aliphatic carbocycles. The van der Waals surface area contributed by atoms with Crippen molar-refractivity contribution >= 4 is 77.4 Å². The molecule has 0 atom stereocenters. The number of hydrogen-bond donors (Lipinski definition) is 3. The van der Waals surface area contributed by atoms with E-state index in [1.54, 1.807) is 6.92 Å². The zero-order valence-electron chi connectivity index (χ0n) is 36.4. The summed E-state index contributed by atoms with van der Waals surface area (Å²) in [5, 5.41) is 21.6. The molecule has 3 N–H and O–H groups in total. The maximum atomic E-state index is 7.57. The third-order valence-corrected chi connectivity index (χ3v) is 0. The Kier molecular flexibility index (Phi) is 382. The molecule has 0 spiro atoms. The fourth-order valence-corrected chi connectivity index (χ4v) is 0. The third-order valence-electron chi connectivity index (χ3n) is 0. The fourth-order valence-electron chi connectivity index (χ4n) is 0. The molecule has 262 valence electrons. The van der Waals surface area contributed by atoms with Crippen LogP contribution in [0.4, 0.5) is 0 Å². The van der Waals surface area contributed by atoms with Gasteiger partial charge in [0.25, 0.3) is 0 Å². The molecule has 0 aromatic heterocycles. The van der Waals surface area contributed by atoms with E-state index in [9.17, 15) is 0 Å². The number of aliphatic hydroxyl groups is 3. The van der Waals surface area contributed by atoms with Gasteiger partial charge in [-0.25, -0.2) is 0 Å². The minimum Gasteiger partial charge on any atom is -0.400 e. The van der Waals surface area contributed by atoms with E-state index in [0.717, 1.165) is 14.2 Å². The van der Waals surface area contributed by atoms with E-state index in [1.165, 1.54) is 19.3 Å². The zero-order chi connectivity index (χ0) is 42.3. The van der Waals surface area contributed by atoms with Gasteiger partial charge in [-0.1, -0.05) is 172 Å². The third kappa shape index (κ3) is 287000. The fraction of sp³-hybridized carbons (Fsp3) is 1.00. The van der Waals surface area contributed by atoms with Crippen molar-refractivity contribution in [2.45, 2.75) is 179 Å². The van der Waals surface area contributed by atoms with Crippen LogP contribution in [0.5, 0.6) is 0 Å². The Labute approximate surface area is 307 Å². The number of aliphatic hydroxyl groups excluding tert-OH is 3. The van der Waals surface area contributed by atoms with Gasteiger partial charge in [-0.2, -0.15) is 0 Å². The van der Waals surface area contributed by atoms with Gasteiger partial charge in [-0.05, 0) is 23.2 Å². The molecule has 45 heavy (non-hydrogen) atoms. The molecule has 0 aromatic rings. The van der Waals surface area contributed by atoms with Gasteiger partial charge < -0.3 is 15.3 Å². The smallest absolute Gasteiger partial charge is 0.0402 e. The summed E-state index contributed by atoms with van der Waals surface area (Å²) in [7, 11) is 42.0. The van der Waals surface area contributed by atoms with Gasteiger partial charge in [0.15, 0.2) is 0 Å². The molecule has 0 saturated carbocycles. The summed E-state index contributed by atoms with van der Waals surface area (Å²) >= 11 is 0. The number of hydrogen-bond acceptors (Lipinski definition) is 3. The number of rotatable bonds is 0. The highest BCUT2D eigenvalue weighted by Gasteiger charge is 1.96. The summed E-state index contributed by atoms with van der Waals surface area (Å²) in [5.41, 5.74) is 1.50. The highest BCUT2D eigenvalue weighted by molar-refractivity contribution is 6.76. The van der Waals surface area contributed by atoms with E-state index >= 15 is 0 Å². The lowest BCUT2D eigenvalue weighted by Crippen LogP contribution is -1.93. The molecular formula is C32H86B10O3. The second kappa shape index (κ2) is 166. The lowest BCUT2D eigenvalue weighted by atomic mass is 9.81. The van der Waals surface area contributed by atoms with E-state index < -0.39 is 0 Å². The van der Waals surface area contributed by atoms with Crippen LogP contribution in [0.3, 0.4) is 0 Å². The molecule has 0 unspecified atom stereocenters. The first kappa shape index (κ1) is 104. The Morgan fingerprint density at radius 3 is 0.311 bits per heavy atom. The topological polar surface area (TPSA) is 60.7 Å². The van der Waals surface area contributed by atoms with Crippen molar-refractivity contribution in [3.05, 3.63) is 0 Å². The van der Waals surface area contributed by atoms with Crippen LogP contribution in [-0.2, 0) is 0 Å². The van der Waals surface area contributed by atoms with E-state index in [-0.39, 0.29) is 6.61 Å². The van der Waals surface area contributed by atoms with Crippen LogP contribution in [0.25, 0.3) is 0 Å². The maximum Gasteiger partial charge on any atom is 0.0402 e. The van der Waals surface area contributed by atoms with Crippen molar-refractivity contribution in [1.29, 1.82) is 0 Å². The zero-order valence-corrected chi connectivity index (χ0v) is 36.4. The average Bonchev–Trinajstić information content (AvgIpc) is 2.97. The Bertz CT molecular complexity index is 162. The first-order valence-electron chi connectivity index (χ1n) is 15.8. The van der Waals surface area contributed by atoms with Crippen molar-refractivity contribution in [3.8, 4) is 0 Å². The first-order valence-corrected chi connectivity index (χ1v) is 15.8. The van der Waals surface area contributed by atoms with Crippen LogP contribution >= 0.6 is 0 Å². The molecule has 0 aliphatic rings. The Morgan fingerprint density at radius 1 is 0.311 bits per heavy atom. The Hall–Kier alpha value is 0.529. The molecule has 13 heteroatoms. The van der Waals surface area contributed by atoms with Gasteiger partial charge in [-0.3, -0.25) is 0 Å². The molecule has 0 saturated heterocycles.